The minimum atomic E-state index is -0.283. The number of rotatable bonds is 6. The van der Waals surface area contributed by atoms with Crippen LogP contribution in [0.4, 0.5) is 10.2 Å². The van der Waals surface area contributed by atoms with E-state index in [-0.39, 0.29) is 23.7 Å². The highest BCUT2D eigenvalue weighted by Gasteiger charge is 2.27. The molecular weight excluding hydrogens is 447 g/mol. The molecule has 8 nitrogen and oxygen atoms in total. The van der Waals surface area contributed by atoms with E-state index in [1.165, 1.54) is 12.1 Å². The van der Waals surface area contributed by atoms with Crippen LogP contribution in [0.2, 0.25) is 0 Å². The first-order valence-corrected chi connectivity index (χ1v) is 11.7. The van der Waals surface area contributed by atoms with Crippen LogP contribution in [-0.2, 0) is 4.79 Å². The summed E-state index contributed by atoms with van der Waals surface area (Å²) in [5.41, 5.74) is 2.45. The number of halogens is 1. The molecule has 35 heavy (non-hydrogen) atoms. The molecule has 2 aromatic carbocycles. The number of piperidine rings is 1. The number of anilines is 1. The van der Waals surface area contributed by atoms with Crippen molar-refractivity contribution >= 4 is 17.4 Å². The fraction of sp³-hybridized carbons (Fsp3) is 0.308. The second kappa shape index (κ2) is 9.69. The molecule has 1 N–H and O–H groups in total. The molecule has 1 fully saturated rings. The molecule has 0 unspecified atom stereocenters. The van der Waals surface area contributed by atoms with Crippen LogP contribution >= 0.6 is 0 Å². The molecule has 5 rings (SSSR count). The number of nitrogens with zero attached hydrogens (tertiary/aromatic N) is 5. The molecule has 1 saturated heterocycles. The predicted molar refractivity (Wildman–Crippen MR) is 131 cm³/mol. The van der Waals surface area contributed by atoms with Crippen molar-refractivity contribution in [1.29, 1.82) is 0 Å². The Kier molecular flexibility index (Phi) is 6.31. The van der Waals surface area contributed by atoms with E-state index in [4.69, 9.17) is 9.84 Å². The Labute approximate surface area is 202 Å². The highest BCUT2D eigenvalue weighted by molar-refractivity contribution is 5.79. The fourth-order valence-corrected chi connectivity index (χ4v) is 4.40. The number of nitrogens with one attached hydrogen (secondary N) is 1. The molecule has 2 aromatic heterocycles. The monoisotopic (exact) mass is 474 g/mol. The summed E-state index contributed by atoms with van der Waals surface area (Å²) in [5.74, 6) is 1.94. The number of ether oxygens (including phenoxy) is 1. The number of hydrogen-bond donors (Lipinski definition) is 1. The van der Waals surface area contributed by atoms with Gasteiger partial charge in [0.05, 0.1) is 13.2 Å². The predicted octanol–water partition coefficient (Wildman–Crippen LogP) is 4.03. The highest BCUT2D eigenvalue weighted by atomic mass is 19.1. The quantitative estimate of drug-likeness (QED) is 0.454. The van der Waals surface area contributed by atoms with Crippen LogP contribution in [0.25, 0.3) is 17.0 Å². The van der Waals surface area contributed by atoms with E-state index in [0.717, 1.165) is 48.6 Å². The third kappa shape index (κ3) is 4.80. The number of carbonyl (C=O) groups excluding carboxylic acids is 1. The molecule has 0 aliphatic carbocycles. The molecule has 1 aliphatic rings. The highest BCUT2D eigenvalue weighted by Crippen LogP contribution is 2.25. The molecule has 9 heteroatoms. The van der Waals surface area contributed by atoms with Crippen molar-refractivity contribution in [3.8, 4) is 17.1 Å². The van der Waals surface area contributed by atoms with E-state index in [1.54, 1.807) is 23.8 Å². The van der Waals surface area contributed by atoms with E-state index < -0.39 is 0 Å². The zero-order valence-electron chi connectivity index (χ0n) is 19.7. The van der Waals surface area contributed by atoms with Crippen molar-refractivity contribution in [3.63, 3.8) is 0 Å². The minimum absolute atomic E-state index is 0.0329. The average molecular weight is 475 g/mol. The second-order valence-electron chi connectivity index (χ2n) is 8.76. The lowest BCUT2D eigenvalue weighted by molar-refractivity contribution is -0.126. The molecule has 4 aromatic rings. The Bertz CT molecular complexity index is 1310. The topological polar surface area (TPSA) is 84.7 Å². The summed E-state index contributed by atoms with van der Waals surface area (Å²) in [5, 5.41) is 16.4. The molecule has 180 valence electrons. The lowest BCUT2D eigenvalue weighted by Gasteiger charge is -2.32. The number of benzene rings is 2. The van der Waals surface area contributed by atoms with E-state index in [0.29, 0.717) is 11.5 Å². The van der Waals surface area contributed by atoms with Crippen LogP contribution in [0.1, 0.15) is 31.4 Å². The summed E-state index contributed by atoms with van der Waals surface area (Å²) in [4.78, 5) is 15.0. The van der Waals surface area contributed by atoms with Crippen molar-refractivity contribution < 1.29 is 13.9 Å². The number of hydrogen-bond acceptors (Lipinski definition) is 6. The van der Waals surface area contributed by atoms with Gasteiger partial charge >= 0.3 is 0 Å². The fourth-order valence-electron chi connectivity index (χ4n) is 4.40. The van der Waals surface area contributed by atoms with E-state index >= 15 is 0 Å². The maximum atomic E-state index is 13.2. The summed E-state index contributed by atoms with van der Waals surface area (Å²) in [6.45, 7) is 3.36. The molecule has 1 atom stereocenters. The summed E-state index contributed by atoms with van der Waals surface area (Å²) >= 11 is 0. The van der Waals surface area contributed by atoms with Gasteiger partial charge in [0.2, 0.25) is 5.91 Å². The largest absolute Gasteiger partial charge is 0.497 e. The van der Waals surface area contributed by atoms with Gasteiger partial charge in [-0.15, -0.1) is 15.3 Å². The second-order valence-corrected chi connectivity index (χ2v) is 8.76. The van der Waals surface area contributed by atoms with Gasteiger partial charge in [-0.1, -0.05) is 12.1 Å². The first-order chi connectivity index (χ1) is 17.0. The Balaban J connectivity index is 1.24. The van der Waals surface area contributed by atoms with Crippen LogP contribution in [-0.4, -0.2) is 45.9 Å². The summed E-state index contributed by atoms with van der Waals surface area (Å²) in [6.07, 6.45) is 1.46. The Morgan fingerprint density at radius 3 is 2.43 bits per heavy atom. The van der Waals surface area contributed by atoms with Crippen LogP contribution in [0, 0.1) is 11.7 Å². The number of amides is 1. The van der Waals surface area contributed by atoms with Gasteiger partial charge in [0.25, 0.3) is 0 Å². The molecule has 1 amide bonds. The molecule has 1 aliphatic heterocycles. The molecule has 0 spiro atoms. The van der Waals surface area contributed by atoms with Crippen LogP contribution in [0.5, 0.6) is 5.75 Å². The van der Waals surface area contributed by atoms with Crippen molar-refractivity contribution in [2.45, 2.75) is 25.8 Å². The number of aromatic nitrogens is 4. The van der Waals surface area contributed by atoms with Crippen LogP contribution < -0.4 is 15.0 Å². The van der Waals surface area contributed by atoms with Gasteiger partial charge in [0.15, 0.2) is 11.5 Å². The van der Waals surface area contributed by atoms with Crippen LogP contribution in [0.15, 0.2) is 60.7 Å². The van der Waals surface area contributed by atoms with Gasteiger partial charge in [-0.05, 0) is 73.9 Å². The Morgan fingerprint density at radius 1 is 1.03 bits per heavy atom. The van der Waals surface area contributed by atoms with Gasteiger partial charge in [-0.2, -0.15) is 4.52 Å². The first-order valence-electron chi connectivity index (χ1n) is 11.7. The molecule has 0 radical (unpaired) electrons. The Morgan fingerprint density at radius 2 is 1.74 bits per heavy atom. The van der Waals surface area contributed by atoms with Gasteiger partial charge in [-0.3, -0.25) is 4.79 Å². The van der Waals surface area contributed by atoms with Gasteiger partial charge in [0.1, 0.15) is 17.4 Å². The van der Waals surface area contributed by atoms with E-state index in [2.05, 4.69) is 20.4 Å². The van der Waals surface area contributed by atoms with Crippen LogP contribution in [0.3, 0.4) is 0 Å². The summed E-state index contributed by atoms with van der Waals surface area (Å²) < 4.78 is 20.2. The third-order valence-corrected chi connectivity index (χ3v) is 6.52. The molecule has 0 bridgehead atoms. The van der Waals surface area contributed by atoms with Gasteiger partial charge in [-0.25, -0.2) is 4.39 Å². The van der Waals surface area contributed by atoms with Crippen molar-refractivity contribution in [2.75, 3.05) is 25.1 Å². The Hall–Kier alpha value is -4.01. The third-order valence-electron chi connectivity index (χ3n) is 6.52. The number of methoxy groups -OCH3 is 1. The summed E-state index contributed by atoms with van der Waals surface area (Å²) in [7, 11) is 1.63. The van der Waals surface area contributed by atoms with E-state index in [1.807, 2.05) is 43.3 Å². The number of carbonyl (C=O) groups is 1. The van der Waals surface area contributed by atoms with Crippen molar-refractivity contribution in [2.24, 2.45) is 5.92 Å². The molecular formula is C26H27FN6O2. The molecule has 0 saturated carbocycles. The lowest BCUT2D eigenvalue weighted by Crippen LogP contribution is -2.41. The zero-order valence-corrected chi connectivity index (χ0v) is 19.7. The van der Waals surface area contributed by atoms with Crippen molar-refractivity contribution in [3.05, 3.63) is 72.0 Å². The standard InChI is InChI=1S/C26H27FN6O2/c1-17(18-3-7-21(27)8-4-18)28-26(34)20-13-15-32(16-14-20)24-12-11-23-29-30-25(33(23)31-24)19-5-9-22(35-2)10-6-19/h3-12,17,20H,13-16H2,1-2H3,(H,28,34)/t17-/m1/s1. The zero-order chi connectivity index (χ0) is 24.4. The van der Waals surface area contributed by atoms with Gasteiger partial charge < -0.3 is 15.0 Å². The lowest BCUT2D eigenvalue weighted by atomic mass is 9.95. The maximum Gasteiger partial charge on any atom is 0.223 e. The summed E-state index contributed by atoms with van der Waals surface area (Å²) in [6, 6.07) is 17.5. The molecule has 3 heterocycles. The first kappa shape index (κ1) is 22.8. The normalized spacial score (nSPS) is 15.2. The SMILES string of the molecule is COc1ccc(-c2nnc3ccc(N4CCC(C(=O)N[C@H](C)c5ccc(F)cc5)CC4)nn23)cc1. The van der Waals surface area contributed by atoms with Crippen molar-refractivity contribution in [1.82, 2.24) is 25.1 Å². The smallest absolute Gasteiger partial charge is 0.223 e. The van der Waals surface area contributed by atoms with E-state index in [9.17, 15) is 9.18 Å². The average Bonchev–Trinajstić information content (AvgIpc) is 3.32. The minimum Gasteiger partial charge on any atom is -0.497 e. The van der Waals surface area contributed by atoms with Gasteiger partial charge in [0, 0.05) is 24.6 Å². The maximum absolute atomic E-state index is 13.2. The number of fused-ring (bicyclic) bond motifs is 1.